The van der Waals surface area contributed by atoms with E-state index in [1.54, 1.807) is 0 Å². The van der Waals surface area contributed by atoms with Gasteiger partial charge in [0.15, 0.2) is 5.79 Å². The van der Waals surface area contributed by atoms with E-state index in [1.807, 2.05) is 20.8 Å². The molecule has 1 rings (SSSR count). The smallest absolute Gasteiger partial charge is 0.163 e. The quantitative estimate of drug-likeness (QED) is 0.615. The SMILES string of the molecule is CC1COC(C)(C)O[C@H]1CO. The Hall–Kier alpha value is -0.120. The third-order valence-electron chi connectivity index (χ3n) is 1.94. The number of rotatable bonds is 1. The molecule has 3 heteroatoms. The number of aliphatic hydroxyl groups excluding tert-OH is 1. The fourth-order valence-electron chi connectivity index (χ4n) is 1.17. The van der Waals surface area contributed by atoms with Crippen LogP contribution in [-0.4, -0.2) is 30.2 Å². The first-order chi connectivity index (χ1) is 5.05. The summed E-state index contributed by atoms with van der Waals surface area (Å²) in [7, 11) is 0. The Labute approximate surface area is 67.3 Å². The molecule has 0 aromatic carbocycles. The molecule has 2 atom stereocenters. The molecular weight excluding hydrogens is 144 g/mol. The second kappa shape index (κ2) is 3.09. The molecule has 0 saturated carbocycles. The van der Waals surface area contributed by atoms with E-state index in [0.717, 1.165) is 0 Å². The normalized spacial score (nSPS) is 37.1. The molecule has 1 fully saturated rings. The van der Waals surface area contributed by atoms with Gasteiger partial charge in [0.1, 0.15) is 0 Å². The highest BCUT2D eigenvalue weighted by Crippen LogP contribution is 2.25. The molecular formula is C8H16O3. The van der Waals surface area contributed by atoms with Crippen LogP contribution in [0.15, 0.2) is 0 Å². The van der Waals surface area contributed by atoms with E-state index in [0.29, 0.717) is 6.61 Å². The first kappa shape index (κ1) is 8.97. The molecule has 1 unspecified atom stereocenters. The van der Waals surface area contributed by atoms with Crippen LogP contribution in [0.3, 0.4) is 0 Å². The van der Waals surface area contributed by atoms with Gasteiger partial charge in [0, 0.05) is 5.92 Å². The van der Waals surface area contributed by atoms with Gasteiger partial charge in [0.25, 0.3) is 0 Å². The maximum atomic E-state index is 8.91. The molecule has 1 aliphatic heterocycles. The third-order valence-corrected chi connectivity index (χ3v) is 1.94. The Morgan fingerprint density at radius 3 is 2.64 bits per heavy atom. The van der Waals surface area contributed by atoms with Crippen LogP contribution in [0.2, 0.25) is 0 Å². The van der Waals surface area contributed by atoms with E-state index < -0.39 is 5.79 Å². The van der Waals surface area contributed by atoms with Gasteiger partial charge >= 0.3 is 0 Å². The Morgan fingerprint density at radius 2 is 2.18 bits per heavy atom. The Bertz CT molecular complexity index is 133. The van der Waals surface area contributed by atoms with Crippen molar-refractivity contribution in [2.45, 2.75) is 32.7 Å². The van der Waals surface area contributed by atoms with Crippen LogP contribution in [0.5, 0.6) is 0 Å². The van der Waals surface area contributed by atoms with Crippen LogP contribution in [0.4, 0.5) is 0 Å². The van der Waals surface area contributed by atoms with E-state index in [2.05, 4.69) is 0 Å². The van der Waals surface area contributed by atoms with E-state index in [9.17, 15) is 0 Å². The zero-order valence-corrected chi connectivity index (χ0v) is 7.33. The summed E-state index contributed by atoms with van der Waals surface area (Å²) in [6.45, 7) is 6.48. The molecule has 0 aromatic rings. The van der Waals surface area contributed by atoms with Crippen molar-refractivity contribution >= 4 is 0 Å². The van der Waals surface area contributed by atoms with Crippen molar-refractivity contribution in [3.8, 4) is 0 Å². The van der Waals surface area contributed by atoms with Crippen LogP contribution < -0.4 is 0 Å². The maximum Gasteiger partial charge on any atom is 0.163 e. The van der Waals surface area contributed by atoms with Gasteiger partial charge in [-0.1, -0.05) is 6.92 Å². The number of aliphatic hydroxyl groups is 1. The van der Waals surface area contributed by atoms with E-state index >= 15 is 0 Å². The second-order valence-electron chi connectivity index (χ2n) is 3.53. The molecule has 1 N–H and O–H groups in total. The predicted octanol–water partition coefficient (Wildman–Crippen LogP) is 0.766. The monoisotopic (exact) mass is 160 g/mol. The fourth-order valence-corrected chi connectivity index (χ4v) is 1.17. The van der Waals surface area contributed by atoms with Gasteiger partial charge in [0.2, 0.25) is 0 Å². The lowest BCUT2D eigenvalue weighted by Gasteiger charge is -2.39. The molecule has 0 spiro atoms. The number of ether oxygens (including phenoxy) is 2. The fraction of sp³-hybridized carbons (Fsp3) is 1.00. The van der Waals surface area contributed by atoms with Crippen molar-refractivity contribution in [3.63, 3.8) is 0 Å². The first-order valence-electron chi connectivity index (χ1n) is 3.98. The van der Waals surface area contributed by atoms with Crippen LogP contribution in [-0.2, 0) is 9.47 Å². The zero-order valence-electron chi connectivity index (χ0n) is 7.33. The summed E-state index contributed by atoms with van der Waals surface area (Å²) in [6, 6.07) is 0. The summed E-state index contributed by atoms with van der Waals surface area (Å²) in [6.07, 6.45) is -0.0706. The summed E-state index contributed by atoms with van der Waals surface area (Å²) >= 11 is 0. The molecule has 3 nitrogen and oxygen atoms in total. The number of hydrogen-bond acceptors (Lipinski definition) is 3. The molecule has 66 valence electrons. The molecule has 11 heavy (non-hydrogen) atoms. The lowest BCUT2D eigenvalue weighted by atomic mass is 10.0. The Kier molecular flexibility index (Phi) is 2.52. The van der Waals surface area contributed by atoms with E-state index in [4.69, 9.17) is 14.6 Å². The highest BCUT2D eigenvalue weighted by atomic mass is 16.7. The largest absolute Gasteiger partial charge is 0.394 e. The van der Waals surface area contributed by atoms with Crippen LogP contribution >= 0.6 is 0 Å². The first-order valence-corrected chi connectivity index (χ1v) is 3.98. The molecule has 0 aromatic heterocycles. The van der Waals surface area contributed by atoms with Crippen LogP contribution in [0.25, 0.3) is 0 Å². The molecule has 0 amide bonds. The van der Waals surface area contributed by atoms with Crippen molar-refractivity contribution in [3.05, 3.63) is 0 Å². The summed E-state index contributed by atoms with van der Waals surface area (Å²) in [5.74, 6) is -0.243. The standard InChI is InChI=1S/C8H16O3/c1-6-5-10-8(2,3)11-7(6)4-9/h6-7,9H,4-5H2,1-3H3/t6?,7-/m0/s1. The minimum atomic E-state index is -0.528. The lowest BCUT2D eigenvalue weighted by molar-refractivity contribution is -0.295. The average Bonchev–Trinajstić information content (AvgIpc) is 1.94. The van der Waals surface area contributed by atoms with Gasteiger partial charge in [0.05, 0.1) is 19.3 Å². The van der Waals surface area contributed by atoms with E-state index in [-0.39, 0.29) is 18.6 Å². The van der Waals surface area contributed by atoms with Gasteiger partial charge in [-0.05, 0) is 13.8 Å². The molecule has 0 aliphatic carbocycles. The number of hydrogen-bond donors (Lipinski definition) is 1. The minimum absolute atomic E-state index is 0.0706. The van der Waals surface area contributed by atoms with Crippen molar-refractivity contribution in [1.29, 1.82) is 0 Å². The molecule has 1 saturated heterocycles. The van der Waals surface area contributed by atoms with Gasteiger partial charge in [-0.2, -0.15) is 0 Å². The van der Waals surface area contributed by atoms with Crippen molar-refractivity contribution in [2.75, 3.05) is 13.2 Å². The molecule has 0 radical (unpaired) electrons. The predicted molar refractivity (Wildman–Crippen MR) is 41.2 cm³/mol. The van der Waals surface area contributed by atoms with Gasteiger partial charge < -0.3 is 14.6 Å². The van der Waals surface area contributed by atoms with E-state index in [1.165, 1.54) is 0 Å². The molecule has 1 aliphatic rings. The van der Waals surface area contributed by atoms with Gasteiger partial charge in [-0.25, -0.2) is 0 Å². The molecule has 0 bridgehead atoms. The van der Waals surface area contributed by atoms with Gasteiger partial charge in [-0.3, -0.25) is 0 Å². The summed E-state index contributed by atoms with van der Waals surface area (Å²) < 4.78 is 10.8. The highest BCUT2D eigenvalue weighted by molar-refractivity contribution is 4.73. The zero-order chi connectivity index (χ0) is 8.48. The summed E-state index contributed by atoms with van der Waals surface area (Å²) in [5.41, 5.74) is 0. The topological polar surface area (TPSA) is 38.7 Å². The summed E-state index contributed by atoms with van der Waals surface area (Å²) in [5, 5.41) is 8.91. The summed E-state index contributed by atoms with van der Waals surface area (Å²) in [4.78, 5) is 0. The van der Waals surface area contributed by atoms with Crippen molar-refractivity contribution in [2.24, 2.45) is 5.92 Å². The molecule has 1 heterocycles. The van der Waals surface area contributed by atoms with Gasteiger partial charge in [-0.15, -0.1) is 0 Å². The van der Waals surface area contributed by atoms with Crippen LogP contribution in [0, 0.1) is 5.92 Å². The third kappa shape index (κ3) is 2.15. The van der Waals surface area contributed by atoms with Crippen molar-refractivity contribution < 1.29 is 14.6 Å². The minimum Gasteiger partial charge on any atom is -0.394 e. The average molecular weight is 160 g/mol. The van der Waals surface area contributed by atoms with Crippen molar-refractivity contribution in [1.82, 2.24) is 0 Å². The Morgan fingerprint density at radius 1 is 1.55 bits per heavy atom. The second-order valence-corrected chi connectivity index (χ2v) is 3.53. The highest BCUT2D eigenvalue weighted by Gasteiger charge is 2.33. The maximum absolute atomic E-state index is 8.91. The van der Waals surface area contributed by atoms with Crippen LogP contribution in [0.1, 0.15) is 20.8 Å². The lowest BCUT2D eigenvalue weighted by Crippen LogP contribution is -2.46. The Balaban J connectivity index is 2.51.